The molecule has 1 aliphatic heterocycles. The number of imide groups is 1. The van der Waals surface area contributed by atoms with Crippen LogP contribution in [0.25, 0.3) is 0 Å². The molecule has 1 atom stereocenters. The van der Waals surface area contributed by atoms with Gasteiger partial charge in [0.25, 0.3) is 11.8 Å². The van der Waals surface area contributed by atoms with Crippen LogP contribution >= 0.6 is 11.6 Å². The van der Waals surface area contributed by atoms with E-state index >= 15 is 0 Å². The van der Waals surface area contributed by atoms with E-state index in [1.807, 2.05) is 36.4 Å². The fourth-order valence-electron chi connectivity index (χ4n) is 3.58. The Labute approximate surface area is 179 Å². The first-order valence-corrected chi connectivity index (χ1v) is 9.95. The van der Waals surface area contributed by atoms with Gasteiger partial charge < -0.3 is 5.32 Å². The smallest absolute Gasteiger partial charge is 0.262 e. The van der Waals surface area contributed by atoms with Gasteiger partial charge in [0, 0.05) is 18.0 Å². The van der Waals surface area contributed by atoms with E-state index in [9.17, 15) is 14.4 Å². The highest BCUT2D eigenvalue weighted by Crippen LogP contribution is 2.26. The van der Waals surface area contributed by atoms with E-state index in [0.717, 1.165) is 16.0 Å². The minimum Gasteiger partial charge on any atom is -0.350 e. The molecule has 0 unspecified atom stereocenters. The van der Waals surface area contributed by atoms with E-state index in [-0.39, 0.29) is 13.0 Å². The molecule has 3 aromatic rings. The van der Waals surface area contributed by atoms with Crippen LogP contribution in [0.3, 0.4) is 0 Å². The number of halogens is 1. The lowest BCUT2D eigenvalue weighted by atomic mass is 10.0. The van der Waals surface area contributed by atoms with Gasteiger partial charge in [-0.2, -0.15) is 0 Å². The number of amides is 3. The van der Waals surface area contributed by atoms with E-state index in [0.29, 0.717) is 16.1 Å². The van der Waals surface area contributed by atoms with Crippen molar-refractivity contribution in [3.8, 4) is 0 Å². The Balaban J connectivity index is 1.61. The largest absolute Gasteiger partial charge is 0.350 e. The van der Waals surface area contributed by atoms with Crippen molar-refractivity contribution in [1.29, 1.82) is 0 Å². The van der Waals surface area contributed by atoms with Gasteiger partial charge in [0.2, 0.25) is 5.91 Å². The highest BCUT2D eigenvalue weighted by molar-refractivity contribution is 6.30. The lowest BCUT2D eigenvalue weighted by molar-refractivity contribution is -0.125. The zero-order valence-electron chi connectivity index (χ0n) is 16.0. The summed E-state index contributed by atoms with van der Waals surface area (Å²) in [6.07, 6.45) is 0.230. The van der Waals surface area contributed by atoms with Crippen molar-refractivity contribution in [2.24, 2.45) is 0 Å². The zero-order valence-corrected chi connectivity index (χ0v) is 16.8. The predicted molar refractivity (Wildman–Crippen MR) is 114 cm³/mol. The monoisotopic (exact) mass is 418 g/mol. The third-order valence-electron chi connectivity index (χ3n) is 5.07. The summed E-state index contributed by atoms with van der Waals surface area (Å²) >= 11 is 6.01. The van der Waals surface area contributed by atoms with E-state index in [1.54, 1.807) is 42.5 Å². The van der Waals surface area contributed by atoms with Gasteiger partial charge in [-0.1, -0.05) is 66.2 Å². The number of hydrogen-bond acceptors (Lipinski definition) is 3. The molecule has 0 saturated heterocycles. The van der Waals surface area contributed by atoms with E-state index in [2.05, 4.69) is 5.32 Å². The summed E-state index contributed by atoms with van der Waals surface area (Å²) in [7, 11) is 0. The number of nitrogens with one attached hydrogen (secondary N) is 1. The highest BCUT2D eigenvalue weighted by atomic mass is 35.5. The minimum absolute atomic E-state index is 0.230. The number of benzene rings is 3. The first kappa shape index (κ1) is 19.9. The van der Waals surface area contributed by atoms with E-state index in [1.165, 1.54) is 0 Å². The molecule has 1 heterocycles. The quantitative estimate of drug-likeness (QED) is 0.618. The fraction of sp³-hybridized carbons (Fsp3) is 0.125. The topological polar surface area (TPSA) is 66.5 Å². The summed E-state index contributed by atoms with van der Waals surface area (Å²) in [5.74, 6) is -1.29. The van der Waals surface area contributed by atoms with Crippen molar-refractivity contribution < 1.29 is 14.4 Å². The Hall–Kier alpha value is -3.44. The minimum atomic E-state index is -0.959. The van der Waals surface area contributed by atoms with Gasteiger partial charge in [-0.3, -0.25) is 19.3 Å². The molecule has 0 aliphatic carbocycles. The summed E-state index contributed by atoms with van der Waals surface area (Å²) in [5.41, 5.74) is 2.33. The summed E-state index contributed by atoms with van der Waals surface area (Å²) < 4.78 is 0. The van der Waals surface area contributed by atoms with Crippen LogP contribution in [0.5, 0.6) is 0 Å². The Morgan fingerprint density at radius 3 is 2.07 bits per heavy atom. The number of fused-ring (bicyclic) bond motifs is 1. The second kappa shape index (κ2) is 8.51. The third-order valence-corrected chi connectivity index (χ3v) is 5.30. The molecule has 0 bridgehead atoms. The zero-order chi connectivity index (χ0) is 21.1. The lowest BCUT2D eigenvalue weighted by Gasteiger charge is -2.25. The normalized spacial score (nSPS) is 13.8. The van der Waals surface area contributed by atoms with Crippen LogP contribution in [0.1, 0.15) is 31.8 Å². The van der Waals surface area contributed by atoms with Gasteiger partial charge >= 0.3 is 0 Å². The molecular weight excluding hydrogens is 400 g/mol. The van der Waals surface area contributed by atoms with Gasteiger partial charge in [-0.25, -0.2) is 0 Å². The van der Waals surface area contributed by atoms with E-state index in [4.69, 9.17) is 11.6 Å². The molecule has 1 aliphatic rings. The van der Waals surface area contributed by atoms with Gasteiger partial charge in [-0.05, 0) is 35.4 Å². The number of carbonyl (C=O) groups excluding carboxylic acids is 3. The molecule has 4 rings (SSSR count). The van der Waals surface area contributed by atoms with Crippen LogP contribution in [-0.4, -0.2) is 28.7 Å². The second-order valence-electron chi connectivity index (χ2n) is 7.08. The third kappa shape index (κ3) is 3.98. The summed E-state index contributed by atoms with van der Waals surface area (Å²) in [4.78, 5) is 40.2. The van der Waals surface area contributed by atoms with Crippen LogP contribution in [-0.2, 0) is 17.8 Å². The maximum atomic E-state index is 13.1. The molecule has 5 nitrogen and oxygen atoms in total. The standard InChI is InChI=1S/C24H19ClN2O3/c25-18-10-6-9-17(13-18)15-26-22(28)21(14-16-7-2-1-3-8-16)27-23(29)19-11-4-5-12-20(19)24(27)30/h1-13,21H,14-15H2,(H,26,28)/t21-/m0/s1. The molecule has 1 N–H and O–H groups in total. The average molecular weight is 419 g/mol. The van der Waals surface area contributed by atoms with Crippen molar-refractivity contribution in [2.75, 3.05) is 0 Å². The number of rotatable bonds is 6. The van der Waals surface area contributed by atoms with E-state index < -0.39 is 23.8 Å². The summed E-state index contributed by atoms with van der Waals surface area (Å²) in [6.45, 7) is 0.244. The SMILES string of the molecule is O=C(NCc1cccc(Cl)c1)[C@H](Cc1ccccc1)N1C(=O)c2ccccc2C1=O. The molecule has 30 heavy (non-hydrogen) atoms. The van der Waals surface area contributed by atoms with Crippen molar-refractivity contribution >= 4 is 29.3 Å². The maximum absolute atomic E-state index is 13.1. The van der Waals surface area contributed by atoms with Crippen molar-refractivity contribution in [2.45, 2.75) is 19.0 Å². The first-order valence-electron chi connectivity index (χ1n) is 9.57. The van der Waals surface area contributed by atoms with Gasteiger partial charge in [-0.15, -0.1) is 0 Å². The molecule has 0 fully saturated rings. The van der Waals surface area contributed by atoms with Gasteiger partial charge in [0.05, 0.1) is 11.1 Å². The fourth-order valence-corrected chi connectivity index (χ4v) is 3.80. The van der Waals surface area contributed by atoms with Gasteiger partial charge in [0.15, 0.2) is 0 Å². The highest BCUT2D eigenvalue weighted by Gasteiger charge is 2.42. The van der Waals surface area contributed by atoms with Crippen LogP contribution < -0.4 is 5.32 Å². The number of carbonyl (C=O) groups is 3. The predicted octanol–water partition coefficient (Wildman–Crippen LogP) is 3.86. The Morgan fingerprint density at radius 1 is 0.833 bits per heavy atom. The Bertz CT molecular complexity index is 1080. The number of nitrogens with zero attached hydrogens (tertiary/aromatic N) is 1. The molecule has 6 heteroatoms. The van der Waals surface area contributed by atoms with Crippen LogP contribution in [0, 0.1) is 0 Å². The van der Waals surface area contributed by atoms with Crippen LogP contribution in [0.15, 0.2) is 78.9 Å². The first-order chi connectivity index (χ1) is 14.5. The Kier molecular flexibility index (Phi) is 5.63. The number of hydrogen-bond donors (Lipinski definition) is 1. The van der Waals surface area contributed by atoms with Crippen molar-refractivity contribution in [1.82, 2.24) is 10.2 Å². The average Bonchev–Trinajstić information content (AvgIpc) is 3.02. The van der Waals surface area contributed by atoms with Crippen molar-refractivity contribution in [3.05, 3.63) is 106 Å². The van der Waals surface area contributed by atoms with Crippen LogP contribution in [0.2, 0.25) is 5.02 Å². The molecule has 150 valence electrons. The second-order valence-corrected chi connectivity index (χ2v) is 7.52. The molecule has 3 aromatic carbocycles. The molecule has 0 aromatic heterocycles. The molecule has 0 saturated carbocycles. The summed E-state index contributed by atoms with van der Waals surface area (Å²) in [6, 6.07) is 22.2. The molecule has 0 spiro atoms. The Morgan fingerprint density at radius 2 is 1.43 bits per heavy atom. The van der Waals surface area contributed by atoms with Crippen LogP contribution in [0.4, 0.5) is 0 Å². The molecular formula is C24H19ClN2O3. The molecule has 0 radical (unpaired) electrons. The van der Waals surface area contributed by atoms with Gasteiger partial charge in [0.1, 0.15) is 6.04 Å². The summed E-state index contributed by atoms with van der Waals surface area (Å²) in [5, 5.41) is 3.42. The lowest BCUT2D eigenvalue weighted by Crippen LogP contribution is -2.50. The maximum Gasteiger partial charge on any atom is 0.262 e. The molecule has 3 amide bonds. The van der Waals surface area contributed by atoms with Crippen molar-refractivity contribution in [3.63, 3.8) is 0 Å².